The quantitative estimate of drug-likeness (QED) is 0.0321. The first-order chi connectivity index (χ1) is 31.0. The molecule has 0 fully saturated rings. The molecule has 0 bridgehead atoms. The van der Waals surface area contributed by atoms with Gasteiger partial charge in [0.2, 0.25) is 5.91 Å². The molecule has 2 unspecified atom stereocenters. The number of ether oxygens (including phenoxy) is 1. The standard InChI is InChI=1S/C57H111NO5/c1-3-5-7-9-11-13-15-29-33-37-41-45-49-55(60)54(53-59)58-56(61)50-46-42-38-34-30-27-25-23-21-19-17-18-20-22-24-26-28-32-36-40-44-48-52-63-57(62)51-47-43-39-35-31-16-14-12-10-8-6-4-2/h12,14,54-55,59-60H,3-11,13,15-53H2,1-2H3,(H,58,61)/b14-12-. The van der Waals surface area contributed by atoms with Crippen LogP contribution in [-0.2, 0) is 14.3 Å². The van der Waals surface area contributed by atoms with Crippen LogP contribution in [0.5, 0.6) is 0 Å². The van der Waals surface area contributed by atoms with Crippen molar-refractivity contribution >= 4 is 11.9 Å². The van der Waals surface area contributed by atoms with Crippen LogP contribution in [0.25, 0.3) is 0 Å². The number of hydrogen-bond acceptors (Lipinski definition) is 5. The van der Waals surface area contributed by atoms with Crippen LogP contribution in [0.3, 0.4) is 0 Å². The number of carbonyl (C=O) groups is 2. The smallest absolute Gasteiger partial charge is 0.305 e. The van der Waals surface area contributed by atoms with Crippen molar-refractivity contribution in [2.24, 2.45) is 0 Å². The molecule has 0 aromatic rings. The summed E-state index contributed by atoms with van der Waals surface area (Å²) in [5, 5.41) is 23.2. The molecule has 0 radical (unpaired) electrons. The number of nitrogens with one attached hydrogen (secondary N) is 1. The summed E-state index contributed by atoms with van der Waals surface area (Å²) in [6.07, 6.45) is 62.0. The van der Waals surface area contributed by atoms with Crippen LogP contribution in [0.2, 0.25) is 0 Å². The zero-order valence-corrected chi connectivity index (χ0v) is 42.6. The van der Waals surface area contributed by atoms with Crippen molar-refractivity contribution in [3.63, 3.8) is 0 Å². The first-order valence-corrected chi connectivity index (χ1v) is 28.4. The number of carbonyl (C=O) groups excluding carboxylic acids is 2. The van der Waals surface area contributed by atoms with Crippen molar-refractivity contribution < 1.29 is 24.5 Å². The van der Waals surface area contributed by atoms with Gasteiger partial charge in [0.15, 0.2) is 0 Å². The van der Waals surface area contributed by atoms with Crippen molar-refractivity contribution in [1.82, 2.24) is 5.32 Å². The number of amides is 1. The minimum Gasteiger partial charge on any atom is -0.466 e. The molecular weight excluding hydrogens is 779 g/mol. The van der Waals surface area contributed by atoms with E-state index in [1.165, 1.54) is 238 Å². The molecule has 0 aromatic heterocycles. The molecule has 6 nitrogen and oxygen atoms in total. The maximum Gasteiger partial charge on any atom is 0.305 e. The Morgan fingerprint density at radius 1 is 0.429 bits per heavy atom. The molecule has 2 atom stereocenters. The van der Waals surface area contributed by atoms with E-state index in [0.717, 1.165) is 44.9 Å². The van der Waals surface area contributed by atoms with E-state index in [4.69, 9.17) is 4.74 Å². The summed E-state index contributed by atoms with van der Waals surface area (Å²) in [4.78, 5) is 24.4. The molecule has 0 aliphatic heterocycles. The molecule has 0 saturated carbocycles. The average molecular weight is 891 g/mol. The SMILES string of the molecule is CCCCC/C=C\CCCCCCCC(=O)OCCCCCCCCCCCCCCCCCCCCCCCCC(=O)NC(CO)C(O)CCCCCCCCCCCCCC. The lowest BCUT2D eigenvalue weighted by atomic mass is 10.0. The van der Waals surface area contributed by atoms with Gasteiger partial charge in [-0.15, -0.1) is 0 Å². The number of aliphatic hydroxyl groups excluding tert-OH is 2. The van der Waals surface area contributed by atoms with Crippen molar-refractivity contribution in [3.8, 4) is 0 Å². The Bertz CT molecular complexity index is 939. The number of esters is 1. The lowest BCUT2D eigenvalue weighted by Gasteiger charge is -2.22. The van der Waals surface area contributed by atoms with Crippen LogP contribution in [0.4, 0.5) is 0 Å². The van der Waals surface area contributed by atoms with Gasteiger partial charge in [-0.25, -0.2) is 0 Å². The molecule has 0 aliphatic carbocycles. The summed E-state index contributed by atoms with van der Waals surface area (Å²) in [6.45, 7) is 4.93. The van der Waals surface area contributed by atoms with E-state index in [9.17, 15) is 19.8 Å². The highest BCUT2D eigenvalue weighted by molar-refractivity contribution is 5.76. The number of rotatable bonds is 53. The van der Waals surface area contributed by atoms with E-state index in [1.807, 2.05) is 0 Å². The second-order valence-electron chi connectivity index (χ2n) is 19.6. The van der Waals surface area contributed by atoms with Crippen LogP contribution < -0.4 is 5.32 Å². The molecule has 1 amide bonds. The summed E-state index contributed by atoms with van der Waals surface area (Å²) < 4.78 is 5.46. The molecule has 374 valence electrons. The van der Waals surface area contributed by atoms with Gasteiger partial charge in [-0.2, -0.15) is 0 Å². The summed E-state index contributed by atoms with van der Waals surface area (Å²) in [7, 11) is 0. The van der Waals surface area contributed by atoms with Gasteiger partial charge in [-0.1, -0.05) is 264 Å². The molecule has 0 spiro atoms. The van der Waals surface area contributed by atoms with E-state index in [1.54, 1.807) is 0 Å². The van der Waals surface area contributed by atoms with E-state index in [2.05, 4.69) is 31.3 Å². The Morgan fingerprint density at radius 2 is 0.746 bits per heavy atom. The van der Waals surface area contributed by atoms with E-state index in [0.29, 0.717) is 25.9 Å². The highest BCUT2D eigenvalue weighted by Crippen LogP contribution is 2.17. The molecule has 0 heterocycles. The topological polar surface area (TPSA) is 95.9 Å². The third-order valence-electron chi connectivity index (χ3n) is 13.3. The minimum absolute atomic E-state index is 0.00341. The van der Waals surface area contributed by atoms with E-state index in [-0.39, 0.29) is 18.5 Å². The monoisotopic (exact) mass is 890 g/mol. The average Bonchev–Trinajstić information content (AvgIpc) is 3.28. The Labute approximate surface area is 393 Å². The Kier molecular flexibility index (Phi) is 52.0. The Balaban J connectivity index is 3.36. The van der Waals surface area contributed by atoms with Crippen LogP contribution >= 0.6 is 0 Å². The van der Waals surface area contributed by atoms with Gasteiger partial charge in [0.1, 0.15) is 0 Å². The van der Waals surface area contributed by atoms with Gasteiger partial charge >= 0.3 is 5.97 Å². The first kappa shape index (κ1) is 61.6. The van der Waals surface area contributed by atoms with Crippen LogP contribution in [-0.4, -0.2) is 47.4 Å². The number of unbranched alkanes of at least 4 members (excludes halogenated alkanes) is 40. The highest BCUT2D eigenvalue weighted by atomic mass is 16.5. The van der Waals surface area contributed by atoms with Crippen LogP contribution in [0.15, 0.2) is 12.2 Å². The second kappa shape index (κ2) is 53.2. The number of aliphatic hydroxyl groups is 2. The van der Waals surface area contributed by atoms with Gasteiger partial charge < -0.3 is 20.3 Å². The largest absolute Gasteiger partial charge is 0.466 e. The number of hydrogen-bond donors (Lipinski definition) is 3. The van der Waals surface area contributed by atoms with Crippen molar-refractivity contribution in [2.75, 3.05) is 13.2 Å². The summed E-state index contributed by atoms with van der Waals surface area (Å²) in [5.74, 6) is -0.0312. The van der Waals surface area contributed by atoms with Gasteiger partial charge in [-0.3, -0.25) is 9.59 Å². The second-order valence-corrected chi connectivity index (χ2v) is 19.6. The fourth-order valence-electron chi connectivity index (χ4n) is 8.93. The summed E-state index contributed by atoms with van der Waals surface area (Å²) >= 11 is 0. The van der Waals surface area contributed by atoms with Gasteiger partial charge in [0, 0.05) is 12.8 Å². The van der Waals surface area contributed by atoms with Gasteiger partial charge in [0.05, 0.1) is 25.4 Å². The minimum atomic E-state index is -0.662. The predicted octanol–water partition coefficient (Wildman–Crippen LogP) is 17.3. The normalized spacial score (nSPS) is 12.6. The van der Waals surface area contributed by atoms with Gasteiger partial charge in [0.25, 0.3) is 0 Å². The van der Waals surface area contributed by atoms with Crippen LogP contribution in [0, 0.1) is 0 Å². The Hall–Kier alpha value is -1.40. The van der Waals surface area contributed by atoms with E-state index < -0.39 is 12.1 Å². The van der Waals surface area contributed by atoms with Crippen LogP contribution in [0.1, 0.15) is 316 Å². The zero-order valence-electron chi connectivity index (χ0n) is 42.6. The molecular formula is C57H111NO5. The molecule has 63 heavy (non-hydrogen) atoms. The van der Waals surface area contributed by atoms with Crippen molar-refractivity contribution in [1.29, 1.82) is 0 Å². The molecule has 3 N–H and O–H groups in total. The third-order valence-corrected chi connectivity index (χ3v) is 13.3. The zero-order chi connectivity index (χ0) is 45.8. The summed E-state index contributed by atoms with van der Waals surface area (Å²) in [5.41, 5.74) is 0. The Morgan fingerprint density at radius 3 is 1.16 bits per heavy atom. The molecule has 6 heteroatoms. The molecule has 0 aromatic carbocycles. The molecule has 0 aliphatic rings. The van der Waals surface area contributed by atoms with Crippen molar-refractivity contribution in [2.45, 2.75) is 328 Å². The molecule has 0 rings (SSSR count). The maximum atomic E-state index is 12.4. The lowest BCUT2D eigenvalue weighted by molar-refractivity contribution is -0.143. The fourth-order valence-corrected chi connectivity index (χ4v) is 8.93. The molecule has 0 saturated heterocycles. The fraction of sp³-hybridized carbons (Fsp3) is 0.930. The first-order valence-electron chi connectivity index (χ1n) is 28.4. The summed E-state index contributed by atoms with van der Waals surface area (Å²) in [6, 6.07) is -0.539. The third kappa shape index (κ3) is 49.9. The van der Waals surface area contributed by atoms with Crippen molar-refractivity contribution in [3.05, 3.63) is 12.2 Å². The predicted molar refractivity (Wildman–Crippen MR) is 273 cm³/mol. The number of allylic oxidation sites excluding steroid dienone is 2. The maximum absolute atomic E-state index is 12.4. The van der Waals surface area contributed by atoms with Gasteiger partial charge in [-0.05, 0) is 51.4 Å². The lowest BCUT2D eigenvalue weighted by Crippen LogP contribution is -2.45. The van der Waals surface area contributed by atoms with E-state index >= 15 is 0 Å². The highest BCUT2D eigenvalue weighted by Gasteiger charge is 2.20.